The van der Waals surface area contributed by atoms with Crippen molar-refractivity contribution in [3.63, 3.8) is 0 Å². The molecule has 4 aromatic rings. The summed E-state index contributed by atoms with van der Waals surface area (Å²) >= 11 is 0. The van der Waals surface area contributed by atoms with Crippen molar-refractivity contribution in [2.24, 2.45) is 0 Å². The normalized spacial score (nSPS) is 17.1. The SMILES string of the molecule is CC(C)(C)c1cc2c3c(c1)Cn1cc(nn1)Cc1cc(C(C)(C)C)cc(c1OCCOCCOCCOCCO3)Cn1cc(nn1)C2. The van der Waals surface area contributed by atoms with Crippen molar-refractivity contribution in [2.75, 3.05) is 52.9 Å². The van der Waals surface area contributed by atoms with Gasteiger partial charge in [-0.2, -0.15) is 0 Å². The summed E-state index contributed by atoms with van der Waals surface area (Å²) in [5, 5.41) is 18.4. The Bertz CT molecular complexity index is 1460. The topological polar surface area (TPSA) is 108 Å². The van der Waals surface area contributed by atoms with Crippen LogP contribution in [0.5, 0.6) is 11.5 Å². The highest BCUT2D eigenvalue weighted by Crippen LogP contribution is 2.36. The second-order valence-corrected chi connectivity index (χ2v) is 14.4. The predicted octanol–water partition coefficient (Wildman–Crippen LogP) is 4.88. The molecule has 0 N–H and O–H groups in total. The van der Waals surface area contributed by atoms with Gasteiger partial charge in [0.25, 0.3) is 0 Å². The molecule has 47 heavy (non-hydrogen) atoms. The maximum Gasteiger partial charge on any atom is 0.128 e. The summed E-state index contributed by atoms with van der Waals surface area (Å²) in [6.07, 6.45) is 5.20. The van der Waals surface area contributed by atoms with Gasteiger partial charge in [-0.05, 0) is 34.1 Å². The third-order valence-electron chi connectivity index (χ3n) is 8.49. The van der Waals surface area contributed by atoms with Crippen LogP contribution in [0.2, 0.25) is 0 Å². The van der Waals surface area contributed by atoms with Gasteiger partial charge in [-0.3, -0.25) is 0 Å². The fourth-order valence-electron chi connectivity index (χ4n) is 5.92. The summed E-state index contributed by atoms with van der Waals surface area (Å²) in [5.74, 6) is 1.65. The van der Waals surface area contributed by atoms with Gasteiger partial charge in [-0.15, -0.1) is 10.2 Å². The molecule has 0 saturated heterocycles. The summed E-state index contributed by atoms with van der Waals surface area (Å²) in [6, 6.07) is 8.96. The number of aromatic nitrogens is 6. The zero-order valence-corrected chi connectivity index (χ0v) is 28.7. The number of rotatable bonds is 0. The summed E-state index contributed by atoms with van der Waals surface area (Å²) in [5.41, 5.74) is 8.19. The maximum absolute atomic E-state index is 6.52. The highest BCUT2D eigenvalue weighted by atomic mass is 16.6. The molecule has 0 amide bonds. The molecule has 0 fully saturated rings. The van der Waals surface area contributed by atoms with Gasteiger partial charge in [0.15, 0.2) is 0 Å². The Balaban J connectivity index is 1.49. The molecule has 0 saturated carbocycles. The maximum atomic E-state index is 6.52. The molecule has 0 radical (unpaired) electrons. The number of benzene rings is 2. The summed E-state index contributed by atoms with van der Waals surface area (Å²) in [7, 11) is 0. The van der Waals surface area contributed by atoms with Gasteiger partial charge in [0.2, 0.25) is 0 Å². The minimum absolute atomic E-state index is 0.0748. The van der Waals surface area contributed by atoms with Crippen molar-refractivity contribution in [1.82, 2.24) is 30.0 Å². The molecule has 0 atom stereocenters. The van der Waals surface area contributed by atoms with Crippen molar-refractivity contribution in [2.45, 2.75) is 78.3 Å². The molecule has 252 valence electrons. The summed E-state index contributed by atoms with van der Waals surface area (Å²) < 4.78 is 34.2. The van der Waals surface area contributed by atoms with Crippen molar-refractivity contribution in [3.8, 4) is 11.5 Å². The molecular weight excluding hydrogens is 596 g/mol. The van der Waals surface area contributed by atoms with Gasteiger partial charge in [0, 0.05) is 47.5 Å². The van der Waals surface area contributed by atoms with Crippen molar-refractivity contribution >= 4 is 0 Å². The van der Waals surface area contributed by atoms with Gasteiger partial charge in [-0.25, -0.2) is 9.36 Å². The van der Waals surface area contributed by atoms with Crippen LogP contribution in [-0.4, -0.2) is 82.8 Å². The van der Waals surface area contributed by atoms with Gasteiger partial charge in [0.1, 0.15) is 24.7 Å². The van der Waals surface area contributed by atoms with Crippen LogP contribution >= 0.6 is 0 Å². The first-order valence-corrected chi connectivity index (χ1v) is 16.6. The van der Waals surface area contributed by atoms with E-state index in [1.807, 2.05) is 21.8 Å². The highest BCUT2D eigenvalue weighted by Gasteiger charge is 2.24. The molecule has 10 bridgehead atoms. The minimum Gasteiger partial charge on any atom is -0.491 e. The predicted molar refractivity (Wildman–Crippen MR) is 178 cm³/mol. The average Bonchev–Trinajstić information content (AvgIpc) is 3.64. The molecule has 0 spiro atoms. The first-order chi connectivity index (χ1) is 22.5. The van der Waals surface area contributed by atoms with Gasteiger partial charge in [-0.1, -0.05) is 64.1 Å². The number of ether oxygens (including phenoxy) is 5. The summed E-state index contributed by atoms with van der Waals surface area (Å²) in [6.45, 7) is 18.0. The van der Waals surface area contributed by atoms with Gasteiger partial charge < -0.3 is 23.7 Å². The molecule has 2 aromatic heterocycles. The first-order valence-electron chi connectivity index (χ1n) is 16.6. The number of fused-ring (bicyclic) bond motifs is 2. The van der Waals surface area contributed by atoms with E-state index in [1.165, 1.54) is 11.1 Å². The zero-order chi connectivity index (χ0) is 33.0. The standard InChI is InChI=1S/C36H48N6O5/c1-35(2,3)29-15-25-19-31-23-42(40-37-31)22-28-18-30(36(4,5)6)16-26-20-32-24-41(39-38-32)21-27(17-29)33(25)46-13-11-44-9-7-43-8-10-45-12-14-47-34(26)28/h15-18,23-24H,7-14,19-22H2,1-6H3. The molecule has 4 heterocycles. The molecule has 6 rings (SSSR count). The molecule has 2 aromatic carbocycles. The molecular formula is C36H48N6O5. The van der Waals surface area contributed by atoms with E-state index in [2.05, 4.69) is 86.4 Å². The Morgan fingerprint density at radius 2 is 0.872 bits per heavy atom. The highest BCUT2D eigenvalue weighted by molar-refractivity contribution is 5.50. The molecule has 11 nitrogen and oxygen atoms in total. The van der Waals surface area contributed by atoms with Crippen molar-refractivity contribution in [3.05, 3.63) is 81.4 Å². The van der Waals surface area contributed by atoms with E-state index < -0.39 is 0 Å². The lowest BCUT2D eigenvalue weighted by Gasteiger charge is -2.24. The monoisotopic (exact) mass is 644 g/mol. The van der Waals surface area contributed by atoms with E-state index in [4.69, 9.17) is 23.7 Å². The lowest BCUT2D eigenvalue weighted by molar-refractivity contribution is 0.00482. The smallest absolute Gasteiger partial charge is 0.128 e. The molecule has 11 heteroatoms. The third-order valence-corrected chi connectivity index (χ3v) is 8.49. The van der Waals surface area contributed by atoms with E-state index in [0.717, 1.165) is 45.1 Å². The fraction of sp³-hybridized carbons (Fsp3) is 0.556. The quantitative estimate of drug-likeness (QED) is 0.233. The fourth-order valence-corrected chi connectivity index (χ4v) is 5.92. The van der Waals surface area contributed by atoms with E-state index in [-0.39, 0.29) is 10.8 Å². The van der Waals surface area contributed by atoms with Crippen molar-refractivity contribution < 1.29 is 23.7 Å². The minimum atomic E-state index is -0.0748. The van der Waals surface area contributed by atoms with E-state index in [0.29, 0.717) is 78.8 Å². The van der Waals surface area contributed by atoms with Crippen LogP contribution in [0.1, 0.15) is 86.3 Å². The van der Waals surface area contributed by atoms with Crippen molar-refractivity contribution in [1.29, 1.82) is 0 Å². The second kappa shape index (κ2) is 14.1. The first kappa shape index (κ1) is 33.1. The van der Waals surface area contributed by atoms with E-state index in [1.54, 1.807) is 0 Å². The van der Waals surface area contributed by atoms with Crippen LogP contribution in [0.15, 0.2) is 36.7 Å². The second-order valence-electron chi connectivity index (χ2n) is 14.4. The van der Waals surface area contributed by atoms with Crippen LogP contribution in [0.3, 0.4) is 0 Å². The number of hydrogen-bond acceptors (Lipinski definition) is 9. The largest absolute Gasteiger partial charge is 0.491 e. The number of nitrogens with zero attached hydrogens (tertiary/aromatic N) is 6. The van der Waals surface area contributed by atoms with Crippen LogP contribution in [0.4, 0.5) is 0 Å². The average molecular weight is 645 g/mol. The Hall–Kier alpha value is -3.80. The lowest BCUT2D eigenvalue weighted by Crippen LogP contribution is -2.18. The van der Waals surface area contributed by atoms with Crippen LogP contribution in [0.25, 0.3) is 0 Å². The Labute approximate surface area is 277 Å². The van der Waals surface area contributed by atoms with Crippen LogP contribution in [-0.2, 0) is 51.0 Å². The van der Waals surface area contributed by atoms with Gasteiger partial charge in [0.05, 0.1) is 64.1 Å². The van der Waals surface area contributed by atoms with Crippen LogP contribution < -0.4 is 9.47 Å². The molecule has 0 unspecified atom stereocenters. The molecule has 0 aliphatic carbocycles. The molecule has 2 aliphatic heterocycles. The Morgan fingerprint density at radius 3 is 1.26 bits per heavy atom. The number of hydrogen-bond donors (Lipinski definition) is 0. The third kappa shape index (κ3) is 8.38. The Morgan fingerprint density at radius 1 is 0.511 bits per heavy atom. The zero-order valence-electron chi connectivity index (χ0n) is 28.7. The Kier molecular flexibility index (Phi) is 9.96. The van der Waals surface area contributed by atoms with Gasteiger partial charge >= 0.3 is 0 Å². The summed E-state index contributed by atoms with van der Waals surface area (Å²) in [4.78, 5) is 0. The van der Waals surface area contributed by atoms with E-state index >= 15 is 0 Å². The van der Waals surface area contributed by atoms with E-state index in [9.17, 15) is 0 Å². The molecule has 2 aliphatic rings. The lowest BCUT2D eigenvalue weighted by atomic mass is 9.84. The van der Waals surface area contributed by atoms with Crippen LogP contribution in [0, 0.1) is 0 Å².